The summed E-state index contributed by atoms with van der Waals surface area (Å²) in [4.78, 5) is 5.21. The van der Waals surface area contributed by atoms with Crippen LogP contribution in [-0.2, 0) is 18.3 Å². The molecule has 0 spiro atoms. The molecule has 1 aliphatic rings. The van der Waals surface area contributed by atoms with Gasteiger partial charge in [0.25, 0.3) is 0 Å². The van der Waals surface area contributed by atoms with E-state index in [2.05, 4.69) is 34.2 Å². The number of rotatable bonds is 3. The van der Waals surface area contributed by atoms with Crippen molar-refractivity contribution in [3.8, 4) is 0 Å². The van der Waals surface area contributed by atoms with Gasteiger partial charge in [0.1, 0.15) is 12.4 Å². The number of morpholine rings is 1. The molecule has 0 unspecified atom stereocenters. The molecule has 1 fully saturated rings. The second-order valence-electron chi connectivity index (χ2n) is 4.91. The summed E-state index contributed by atoms with van der Waals surface area (Å²) in [5.41, 5.74) is 0. The Hall–Kier alpha value is -1.24. The molecule has 0 amide bonds. The van der Waals surface area contributed by atoms with Gasteiger partial charge in [-0.1, -0.05) is 0 Å². The van der Waals surface area contributed by atoms with E-state index in [9.17, 15) is 0 Å². The Bertz CT molecular complexity index is 550. The van der Waals surface area contributed by atoms with Gasteiger partial charge in [-0.15, -0.1) is 21.5 Å². The summed E-state index contributed by atoms with van der Waals surface area (Å²) in [5.74, 6) is 0.909. The highest BCUT2D eigenvalue weighted by Gasteiger charge is 2.25. The van der Waals surface area contributed by atoms with Gasteiger partial charge < -0.3 is 9.30 Å². The Kier molecular flexibility index (Phi) is 3.63. The van der Waals surface area contributed by atoms with Crippen molar-refractivity contribution >= 4 is 11.3 Å². The number of hydrogen-bond acceptors (Lipinski definition) is 5. The van der Waals surface area contributed by atoms with Crippen LogP contribution in [0.4, 0.5) is 0 Å². The highest BCUT2D eigenvalue weighted by atomic mass is 32.1. The van der Waals surface area contributed by atoms with Crippen molar-refractivity contribution in [2.24, 2.45) is 7.05 Å². The Morgan fingerprint density at radius 1 is 1.47 bits per heavy atom. The van der Waals surface area contributed by atoms with Gasteiger partial charge in [0.05, 0.1) is 6.61 Å². The van der Waals surface area contributed by atoms with E-state index in [1.54, 1.807) is 6.33 Å². The predicted molar refractivity (Wildman–Crippen MR) is 74.0 cm³/mol. The lowest BCUT2D eigenvalue weighted by atomic mass is 10.2. The first kappa shape index (κ1) is 12.8. The van der Waals surface area contributed by atoms with Crippen LogP contribution in [0, 0.1) is 6.92 Å². The number of thiophene rings is 1. The van der Waals surface area contributed by atoms with Gasteiger partial charge in [0, 0.05) is 36.4 Å². The molecule has 3 rings (SSSR count). The molecule has 19 heavy (non-hydrogen) atoms. The van der Waals surface area contributed by atoms with Crippen LogP contribution in [0.3, 0.4) is 0 Å². The third kappa shape index (κ3) is 2.86. The van der Waals surface area contributed by atoms with Crippen LogP contribution in [0.2, 0.25) is 0 Å². The smallest absolute Gasteiger partial charge is 0.163 e. The van der Waals surface area contributed by atoms with Crippen molar-refractivity contribution in [3.05, 3.63) is 34.0 Å². The van der Waals surface area contributed by atoms with Crippen LogP contribution in [0.1, 0.15) is 21.7 Å². The summed E-state index contributed by atoms with van der Waals surface area (Å²) in [7, 11) is 1.96. The third-order valence-corrected chi connectivity index (χ3v) is 4.35. The van der Waals surface area contributed by atoms with E-state index in [-0.39, 0.29) is 6.10 Å². The zero-order chi connectivity index (χ0) is 13.2. The van der Waals surface area contributed by atoms with Crippen LogP contribution in [0.25, 0.3) is 0 Å². The Morgan fingerprint density at radius 3 is 3.05 bits per heavy atom. The van der Waals surface area contributed by atoms with E-state index < -0.39 is 0 Å². The minimum absolute atomic E-state index is 0.0299. The second kappa shape index (κ2) is 5.40. The van der Waals surface area contributed by atoms with Crippen molar-refractivity contribution in [2.45, 2.75) is 19.6 Å². The summed E-state index contributed by atoms with van der Waals surface area (Å²) >= 11 is 1.87. The van der Waals surface area contributed by atoms with Crippen LogP contribution >= 0.6 is 11.3 Å². The molecular weight excluding hydrogens is 260 g/mol. The highest BCUT2D eigenvalue weighted by Crippen LogP contribution is 2.23. The molecule has 6 heteroatoms. The largest absolute Gasteiger partial charge is 0.368 e. The summed E-state index contributed by atoms with van der Waals surface area (Å²) in [6.07, 6.45) is 1.75. The molecule has 102 valence electrons. The van der Waals surface area contributed by atoms with Gasteiger partial charge in [-0.05, 0) is 19.1 Å². The topological polar surface area (TPSA) is 43.2 Å². The zero-order valence-corrected chi connectivity index (χ0v) is 12.1. The van der Waals surface area contributed by atoms with Crippen LogP contribution in [0.5, 0.6) is 0 Å². The monoisotopic (exact) mass is 278 g/mol. The maximum atomic E-state index is 5.81. The van der Waals surface area contributed by atoms with Gasteiger partial charge >= 0.3 is 0 Å². The molecule has 0 bridgehead atoms. The van der Waals surface area contributed by atoms with Gasteiger partial charge in [-0.3, -0.25) is 4.90 Å². The molecule has 0 radical (unpaired) electrons. The fourth-order valence-corrected chi connectivity index (χ4v) is 3.31. The molecular formula is C13H18N4OS. The average molecular weight is 278 g/mol. The van der Waals surface area contributed by atoms with Crippen molar-refractivity contribution in [2.75, 3.05) is 19.7 Å². The SMILES string of the molecule is Cc1ccc(CN2CCO[C@@H](c3nncn3C)C2)s1. The maximum Gasteiger partial charge on any atom is 0.163 e. The Labute approximate surface area is 116 Å². The maximum absolute atomic E-state index is 5.81. The van der Waals surface area contributed by atoms with Crippen molar-refractivity contribution in [1.82, 2.24) is 19.7 Å². The molecule has 0 aromatic carbocycles. The molecule has 2 aromatic heterocycles. The number of nitrogens with zero attached hydrogens (tertiary/aromatic N) is 4. The fourth-order valence-electron chi connectivity index (χ4n) is 2.38. The molecule has 3 heterocycles. The number of hydrogen-bond donors (Lipinski definition) is 0. The molecule has 1 atom stereocenters. The first-order valence-electron chi connectivity index (χ1n) is 6.45. The molecule has 2 aromatic rings. The summed E-state index contributed by atoms with van der Waals surface area (Å²) < 4.78 is 7.75. The summed E-state index contributed by atoms with van der Waals surface area (Å²) in [6.45, 7) is 5.75. The second-order valence-corrected chi connectivity index (χ2v) is 6.28. The highest BCUT2D eigenvalue weighted by molar-refractivity contribution is 7.11. The van der Waals surface area contributed by atoms with E-state index in [1.165, 1.54) is 9.75 Å². The number of aryl methyl sites for hydroxylation is 2. The lowest BCUT2D eigenvalue weighted by Gasteiger charge is -2.31. The lowest BCUT2D eigenvalue weighted by molar-refractivity contribution is -0.0382. The molecule has 1 saturated heterocycles. The molecule has 1 aliphatic heterocycles. The van der Waals surface area contributed by atoms with Crippen molar-refractivity contribution in [1.29, 1.82) is 0 Å². The first-order chi connectivity index (χ1) is 9.22. The minimum Gasteiger partial charge on any atom is -0.368 e. The molecule has 0 aliphatic carbocycles. The van der Waals surface area contributed by atoms with E-state index in [4.69, 9.17) is 4.74 Å². The normalized spacial score (nSPS) is 20.8. The Balaban J connectivity index is 1.66. The van der Waals surface area contributed by atoms with E-state index >= 15 is 0 Å². The standard InChI is InChI=1S/C13H18N4OS/c1-10-3-4-11(19-10)7-17-5-6-18-12(8-17)13-15-14-9-16(13)2/h3-4,9,12H,5-8H2,1-2H3/t12-/m1/s1. The average Bonchev–Trinajstić information content (AvgIpc) is 2.99. The van der Waals surface area contributed by atoms with Crippen molar-refractivity contribution < 1.29 is 4.74 Å². The fraction of sp³-hybridized carbons (Fsp3) is 0.538. The quantitative estimate of drug-likeness (QED) is 0.858. The minimum atomic E-state index is 0.0299. The van der Waals surface area contributed by atoms with Gasteiger partial charge in [0.2, 0.25) is 0 Å². The van der Waals surface area contributed by atoms with Gasteiger partial charge in [-0.25, -0.2) is 0 Å². The van der Waals surface area contributed by atoms with Crippen LogP contribution in [-0.4, -0.2) is 39.4 Å². The van der Waals surface area contributed by atoms with Gasteiger partial charge in [-0.2, -0.15) is 0 Å². The molecule has 0 saturated carbocycles. The summed E-state index contributed by atoms with van der Waals surface area (Å²) in [5, 5.41) is 8.07. The molecule has 0 N–H and O–H groups in total. The van der Waals surface area contributed by atoms with Crippen LogP contribution in [0.15, 0.2) is 18.5 Å². The van der Waals surface area contributed by atoms with E-state index in [0.29, 0.717) is 0 Å². The van der Waals surface area contributed by atoms with E-state index in [0.717, 1.165) is 32.1 Å². The third-order valence-electron chi connectivity index (χ3n) is 3.36. The van der Waals surface area contributed by atoms with Crippen molar-refractivity contribution in [3.63, 3.8) is 0 Å². The van der Waals surface area contributed by atoms with Crippen LogP contribution < -0.4 is 0 Å². The zero-order valence-electron chi connectivity index (χ0n) is 11.2. The summed E-state index contributed by atoms with van der Waals surface area (Å²) in [6, 6.07) is 4.40. The Morgan fingerprint density at radius 2 is 2.37 bits per heavy atom. The first-order valence-corrected chi connectivity index (χ1v) is 7.27. The van der Waals surface area contributed by atoms with E-state index in [1.807, 2.05) is 23.0 Å². The number of ether oxygens (including phenoxy) is 1. The lowest BCUT2D eigenvalue weighted by Crippen LogP contribution is -2.38. The number of aromatic nitrogens is 3. The van der Waals surface area contributed by atoms with Gasteiger partial charge in [0.15, 0.2) is 5.82 Å². The predicted octanol–water partition coefficient (Wildman–Crippen LogP) is 1.76. The molecule has 5 nitrogen and oxygen atoms in total.